The van der Waals surface area contributed by atoms with Gasteiger partial charge >= 0.3 is 0 Å². The predicted octanol–water partition coefficient (Wildman–Crippen LogP) is 5.24. The van der Waals surface area contributed by atoms with Crippen molar-refractivity contribution < 1.29 is 0 Å². The molecule has 1 aliphatic heterocycles. The van der Waals surface area contributed by atoms with Crippen LogP contribution < -0.4 is 4.90 Å². The van der Waals surface area contributed by atoms with E-state index in [0.29, 0.717) is 0 Å². The average molecular weight is 461 g/mol. The second-order valence-electron chi connectivity index (χ2n) is 8.79. The summed E-state index contributed by atoms with van der Waals surface area (Å²) in [4.78, 5) is 16.6. The fraction of sp³-hybridized carbons (Fsp3) is 0.423. The summed E-state index contributed by atoms with van der Waals surface area (Å²) >= 11 is 1.85. The fourth-order valence-electron chi connectivity index (χ4n) is 4.59. The van der Waals surface area contributed by atoms with Gasteiger partial charge in [-0.3, -0.25) is 4.90 Å². The van der Waals surface area contributed by atoms with Crippen molar-refractivity contribution in [3.63, 3.8) is 0 Å². The number of hydrogen-bond acceptors (Lipinski definition) is 6. The molecule has 0 aliphatic carbocycles. The highest BCUT2D eigenvalue weighted by molar-refractivity contribution is 7.09. The Morgan fingerprint density at radius 2 is 1.85 bits per heavy atom. The average Bonchev–Trinajstić information content (AvgIpc) is 3.40. The molecule has 0 radical (unpaired) electrons. The van der Waals surface area contributed by atoms with Crippen molar-refractivity contribution >= 4 is 28.2 Å². The van der Waals surface area contributed by atoms with Crippen LogP contribution in [0.2, 0.25) is 0 Å². The number of aryl methyl sites for hydroxylation is 2. The molecule has 33 heavy (non-hydrogen) atoms. The second-order valence-corrected chi connectivity index (χ2v) is 9.83. The van der Waals surface area contributed by atoms with Gasteiger partial charge in [0.25, 0.3) is 0 Å². The van der Waals surface area contributed by atoms with E-state index >= 15 is 0 Å². The first kappa shape index (κ1) is 22.0. The number of benzene rings is 1. The van der Waals surface area contributed by atoms with Crippen LogP contribution in [0.4, 0.5) is 5.82 Å². The highest BCUT2D eigenvalue weighted by Gasteiger charge is 2.23. The highest BCUT2D eigenvalue weighted by atomic mass is 32.1. The summed E-state index contributed by atoms with van der Waals surface area (Å²) in [5, 5.41) is 8.16. The Morgan fingerprint density at radius 3 is 2.64 bits per heavy atom. The first-order valence-electron chi connectivity index (χ1n) is 12.0. The zero-order chi connectivity index (χ0) is 22.6. The molecule has 3 aromatic heterocycles. The van der Waals surface area contributed by atoms with Crippen LogP contribution in [-0.4, -0.2) is 50.8 Å². The first-order chi connectivity index (χ1) is 16.2. The molecule has 7 heteroatoms. The molecule has 1 aromatic carbocycles. The van der Waals surface area contributed by atoms with Crippen molar-refractivity contribution in [1.82, 2.24) is 24.6 Å². The Kier molecular flexibility index (Phi) is 6.69. The van der Waals surface area contributed by atoms with Crippen LogP contribution in [0.25, 0.3) is 16.7 Å². The molecule has 0 atom stereocenters. The molecule has 0 N–H and O–H groups in total. The number of nitrogens with zero attached hydrogens (tertiary/aromatic N) is 6. The van der Waals surface area contributed by atoms with E-state index in [1.165, 1.54) is 4.88 Å². The molecule has 0 saturated carbocycles. The third kappa shape index (κ3) is 4.80. The van der Waals surface area contributed by atoms with Crippen molar-refractivity contribution in [2.75, 3.05) is 31.1 Å². The van der Waals surface area contributed by atoms with Crippen molar-refractivity contribution in [2.45, 2.75) is 46.1 Å². The van der Waals surface area contributed by atoms with Gasteiger partial charge in [0.1, 0.15) is 11.6 Å². The van der Waals surface area contributed by atoms with Gasteiger partial charge in [0, 0.05) is 44.0 Å². The number of thiophene rings is 1. The Morgan fingerprint density at radius 1 is 0.970 bits per heavy atom. The molecular weight excluding hydrogens is 428 g/mol. The Bertz CT molecular complexity index is 1180. The van der Waals surface area contributed by atoms with Crippen LogP contribution >= 0.6 is 11.3 Å². The maximum absolute atomic E-state index is 5.12. The molecular formula is C26H32N6S. The van der Waals surface area contributed by atoms with Crippen LogP contribution in [0.3, 0.4) is 0 Å². The van der Waals surface area contributed by atoms with Gasteiger partial charge in [0.2, 0.25) is 0 Å². The van der Waals surface area contributed by atoms with Crippen LogP contribution in [0.5, 0.6) is 0 Å². The zero-order valence-corrected chi connectivity index (χ0v) is 20.4. The summed E-state index contributed by atoms with van der Waals surface area (Å²) in [7, 11) is 0. The van der Waals surface area contributed by atoms with Crippen molar-refractivity contribution in [3.8, 4) is 5.69 Å². The molecule has 1 fully saturated rings. The number of para-hydroxylation sites is 1. The van der Waals surface area contributed by atoms with Gasteiger partial charge in [-0.25, -0.2) is 14.6 Å². The second kappa shape index (κ2) is 10.0. The van der Waals surface area contributed by atoms with E-state index in [2.05, 4.69) is 65.4 Å². The van der Waals surface area contributed by atoms with Gasteiger partial charge in [0.05, 0.1) is 16.8 Å². The number of fused-ring (bicyclic) bond motifs is 1. The molecule has 4 heterocycles. The summed E-state index contributed by atoms with van der Waals surface area (Å²) in [5.74, 6) is 1.99. The fourth-order valence-corrected chi connectivity index (χ4v) is 5.34. The van der Waals surface area contributed by atoms with E-state index in [4.69, 9.17) is 15.1 Å². The molecule has 6 nitrogen and oxygen atoms in total. The minimum Gasteiger partial charge on any atom is -0.355 e. The van der Waals surface area contributed by atoms with E-state index in [0.717, 1.165) is 92.5 Å². The van der Waals surface area contributed by atoms with Crippen LogP contribution in [0, 0.1) is 6.92 Å². The number of hydrogen-bond donors (Lipinski definition) is 0. The predicted molar refractivity (Wildman–Crippen MR) is 136 cm³/mol. The van der Waals surface area contributed by atoms with Gasteiger partial charge in [-0.15, -0.1) is 11.3 Å². The maximum atomic E-state index is 5.12. The largest absolute Gasteiger partial charge is 0.355 e. The first-order valence-corrected chi connectivity index (χ1v) is 12.9. The van der Waals surface area contributed by atoms with Gasteiger partial charge in [-0.2, -0.15) is 5.10 Å². The summed E-state index contributed by atoms with van der Waals surface area (Å²) in [6.07, 6.45) is 4.26. The standard InChI is InChI=1S/C26H32N6S/c1-3-4-13-23-27-25(31-15-9-14-30(16-17-31)19-22-12-8-18-33-22)24-20(2)29-32(26(24)28-23)21-10-6-5-7-11-21/h5-8,10-12,18H,3-4,9,13-17,19H2,1-2H3. The van der Waals surface area contributed by atoms with Crippen LogP contribution in [0.15, 0.2) is 47.8 Å². The van der Waals surface area contributed by atoms with E-state index in [1.807, 2.05) is 22.1 Å². The maximum Gasteiger partial charge on any atom is 0.168 e. The lowest BCUT2D eigenvalue weighted by atomic mass is 10.2. The summed E-state index contributed by atoms with van der Waals surface area (Å²) in [6, 6.07) is 14.7. The number of unbranched alkanes of at least 4 members (excludes halogenated alkanes) is 1. The molecule has 0 spiro atoms. The summed E-state index contributed by atoms with van der Waals surface area (Å²) < 4.78 is 1.99. The monoisotopic (exact) mass is 460 g/mol. The normalized spacial score (nSPS) is 15.3. The third-order valence-electron chi connectivity index (χ3n) is 6.33. The lowest BCUT2D eigenvalue weighted by molar-refractivity contribution is 0.288. The molecule has 4 aromatic rings. The number of rotatable bonds is 7. The SMILES string of the molecule is CCCCc1nc(N2CCCN(Cc3cccs3)CC2)c2c(C)nn(-c3ccccc3)c2n1. The lowest BCUT2D eigenvalue weighted by Gasteiger charge is -2.24. The minimum atomic E-state index is 0.900. The van der Waals surface area contributed by atoms with Gasteiger partial charge < -0.3 is 4.90 Å². The highest BCUT2D eigenvalue weighted by Crippen LogP contribution is 2.30. The molecule has 1 aliphatic rings. The Labute approximate surface area is 199 Å². The number of aromatic nitrogens is 4. The van der Waals surface area contributed by atoms with Crippen molar-refractivity contribution in [1.29, 1.82) is 0 Å². The molecule has 0 amide bonds. The van der Waals surface area contributed by atoms with Gasteiger partial charge in [-0.1, -0.05) is 37.6 Å². The molecule has 0 unspecified atom stereocenters. The van der Waals surface area contributed by atoms with E-state index < -0.39 is 0 Å². The van der Waals surface area contributed by atoms with E-state index in [9.17, 15) is 0 Å². The lowest BCUT2D eigenvalue weighted by Crippen LogP contribution is -2.31. The number of anilines is 1. The van der Waals surface area contributed by atoms with Gasteiger partial charge in [0.15, 0.2) is 5.65 Å². The Hall–Kier alpha value is -2.77. The van der Waals surface area contributed by atoms with Crippen molar-refractivity contribution in [2.24, 2.45) is 0 Å². The van der Waals surface area contributed by atoms with Crippen LogP contribution in [-0.2, 0) is 13.0 Å². The molecule has 1 saturated heterocycles. The summed E-state index contributed by atoms with van der Waals surface area (Å²) in [6.45, 7) is 9.48. The zero-order valence-electron chi connectivity index (χ0n) is 19.6. The topological polar surface area (TPSA) is 50.1 Å². The van der Waals surface area contributed by atoms with Crippen molar-refractivity contribution in [3.05, 3.63) is 64.2 Å². The molecule has 5 rings (SSSR count). The smallest absolute Gasteiger partial charge is 0.168 e. The minimum absolute atomic E-state index is 0.900. The van der Waals surface area contributed by atoms with E-state index in [-0.39, 0.29) is 0 Å². The third-order valence-corrected chi connectivity index (χ3v) is 7.19. The quantitative estimate of drug-likeness (QED) is 0.377. The van der Waals surface area contributed by atoms with Gasteiger partial charge in [-0.05, 0) is 43.3 Å². The molecule has 0 bridgehead atoms. The van der Waals surface area contributed by atoms with Crippen LogP contribution in [0.1, 0.15) is 42.6 Å². The molecule has 172 valence electrons. The Balaban J connectivity index is 1.50. The summed E-state index contributed by atoms with van der Waals surface area (Å²) in [5.41, 5.74) is 2.96. The van der Waals surface area contributed by atoms with E-state index in [1.54, 1.807) is 0 Å².